The van der Waals surface area contributed by atoms with E-state index >= 15 is 0 Å². The number of imide groups is 1. The number of amides is 3. The lowest BCUT2D eigenvalue weighted by Gasteiger charge is -2.22. The van der Waals surface area contributed by atoms with Crippen molar-refractivity contribution in [3.63, 3.8) is 0 Å². The first kappa shape index (κ1) is 22.1. The summed E-state index contributed by atoms with van der Waals surface area (Å²) in [6.07, 6.45) is -4.85. The zero-order valence-corrected chi connectivity index (χ0v) is 16.7. The standard InChI is InChI=1S/C21H19F3N2O5/c1-3-30-15-8-4-13(5-9-15)17(27)12-26-18(28)20(2,25-19(26)29)14-6-10-16(11-7-14)31-21(22,23)24/h4-11H,3,12H2,1-2H3,(H,25,29). The van der Waals surface area contributed by atoms with Gasteiger partial charge in [-0.05, 0) is 55.8 Å². The summed E-state index contributed by atoms with van der Waals surface area (Å²) in [5.41, 5.74) is -0.991. The molecule has 10 heteroatoms. The Morgan fingerprint density at radius 2 is 1.61 bits per heavy atom. The van der Waals surface area contributed by atoms with Crippen LogP contribution < -0.4 is 14.8 Å². The maximum atomic E-state index is 12.9. The Kier molecular flexibility index (Phi) is 5.92. The smallest absolute Gasteiger partial charge is 0.494 e. The lowest BCUT2D eigenvalue weighted by atomic mass is 9.92. The van der Waals surface area contributed by atoms with Crippen LogP contribution in [0.5, 0.6) is 11.5 Å². The minimum Gasteiger partial charge on any atom is -0.494 e. The molecule has 1 aliphatic heterocycles. The molecule has 1 unspecified atom stereocenters. The Morgan fingerprint density at radius 3 is 2.16 bits per heavy atom. The van der Waals surface area contributed by atoms with Gasteiger partial charge in [-0.3, -0.25) is 14.5 Å². The first-order chi connectivity index (χ1) is 14.5. The zero-order valence-electron chi connectivity index (χ0n) is 16.7. The van der Waals surface area contributed by atoms with Gasteiger partial charge in [-0.2, -0.15) is 0 Å². The molecule has 0 bridgehead atoms. The van der Waals surface area contributed by atoms with Gasteiger partial charge in [0.15, 0.2) is 5.78 Å². The third-order valence-electron chi connectivity index (χ3n) is 4.73. The van der Waals surface area contributed by atoms with E-state index in [0.29, 0.717) is 17.9 Å². The average Bonchev–Trinajstić information content (AvgIpc) is 2.92. The molecule has 164 valence electrons. The monoisotopic (exact) mass is 436 g/mol. The van der Waals surface area contributed by atoms with Crippen LogP contribution in [0.3, 0.4) is 0 Å². The van der Waals surface area contributed by atoms with Gasteiger partial charge in [-0.1, -0.05) is 12.1 Å². The number of ketones is 1. The molecule has 0 aromatic heterocycles. The van der Waals surface area contributed by atoms with Crippen molar-refractivity contribution < 1.29 is 37.0 Å². The highest BCUT2D eigenvalue weighted by atomic mass is 19.4. The molecule has 1 fully saturated rings. The average molecular weight is 436 g/mol. The quantitative estimate of drug-likeness (QED) is 0.529. The number of hydrogen-bond acceptors (Lipinski definition) is 5. The van der Waals surface area contributed by atoms with E-state index in [1.807, 2.05) is 6.92 Å². The van der Waals surface area contributed by atoms with E-state index in [1.54, 1.807) is 12.1 Å². The SMILES string of the molecule is CCOc1ccc(C(=O)CN2C(=O)NC(C)(c3ccc(OC(F)(F)F)cc3)C2=O)cc1. The van der Waals surface area contributed by atoms with Gasteiger partial charge in [0.05, 0.1) is 13.2 Å². The van der Waals surface area contributed by atoms with Crippen molar-refractivity contribution >= 4 is 17.7 Å². The van der Waals surface area contributed by atoms with Crippen LogP contribution in [0.15, 0.2) is 48.5 Å². The highest BCUT2D eigenvalue weighted by Crippen LogP contribution is 2.31. The number of hydrogen-bond donors (Lipinski definition) is 1. The topological polar surface area (TPSA) is 84.9 Å². The Labute approximate surface area is 175 Å². The van der Waals surface area contributed by atoms with E-state index in [-0.39, 0.29) is 5.56 Å². The van der Waals surface area contributed by atoms with Crippen molar-refractivity contribution in [2.24, 2.45) is 0 Å². The number of nitrogens with zero attached hydrogens (tertiary/aromatic N) is 1. The molecular formula is C21H19F3N2O5. The molecule has 31 heavy (non-hydrogen) atoms. The van der Waals surface area contributed by atoms with Gasteiger partial charge in [-0.25, -0.2) is 4.79 Å². The van der Waals surface area contributed by atoms with Crippen molar-refractivity contribution in [3.8, 4) is 11.5 Å². The molecule has 1 aliphatic rings. The summed E-state index contributed by atoms with van der Waals surface area (Å²) in [6.45, 7) is 3.22. The highest BCUT2D eigenvalue weighted by molar-refractivity contribution is 6.11. The first-order valence-electron chi connectivity index (χ1n) is 9.30. The number of rotatable bonds is 7. The van der Waals surface area contributed by atoms with E-state index in [2.05, 4.69) is 10.1 Å². The lowest BCUT2D eigenvalue weighted by molar-refractivity contribution is -0.274. The van der Waals surface area contributed by atoms with Crippen molar-refractivity contribution in [3.05, 3.63) is 59.7 Å². The molecule has 2 aromatic rings. The molecular weight excluding hydrogens is 417 g/mol. The second kappa shape index (κ2) is 8.29. The molecule has 1 N–H and O–H groups in total. The van der Waals surface area contributed by atoms with Gasteiger partial charge < -0.3 is 14.8 Å². The summed E-state index contributed by atoms with van der Waals surface area (Å²) in [5.74, 6) is -1.02. The third-order valence-corrected chi connectivity index (χ3v) is 4.73. The van der Waals surface area contributed by atoms with Gasteiger partial charge >= 0.3 is 12.4 Å². The maximum absolute atomic E-state index is 12.9. The van der Waals surface area contributed by atoms with Crippen molar-refractivity contribution in [1.82, 2.24) is 10.2 Å². The van der Waals surface area contributed by atoms with E-state index in [4.69, 9.17) is 4.74 Å². The maximum Gasteiger partial charge on any atom is 0.573 e. The molecule has 3 amide bonds. The van der Waals surface area contributed by atoms with Gasteiger partial charge in [-0.15, -0.1) is 13.2 Å². The second-order valence-corrected chi connectivity index (χ2v) is 6.90. The summed E-state index contributed by atoms with van der Waals surface area (Å²) in [5, 5.41) is 2.50. The molecule has 2 aromatic carbocycles. The first-order valence-corrected chi connectivity index (χ1v) is 9.30. The van der Waals surface area contributed by atoms with Gasteiger partial charge in [0.25, 0.3) is 5.91 Å². The molecule has 1 atom stereocenters. The molecule has 0 spiro atoms. The van der Waals surface area contributed by atoms with Crippen LogP contribution in [0.4, 0.5) is 18.0 Å². The fourth-order valence-electron chi connectivity index (χ4n) is 3.16. The third kappa shape index (κ3) is 4.79. The number of alkyl halides is 3. The van der Waals surface area contributed by atoms with Crippen LogP contribution in [0.2, 0.25) is 0 Å². The molecule has 1 heterocycles. The van der Waals surface area contributed by atoms with Crippen LogP contribution in [-0.4, -0.2) is 42.1 Å². The van der Waals surface area contributed by atoms with Gasteiger partial charge in [0, 0.05) is 5.56 Å². The van der Waals surface area contributed by atoms with Crippen molar-refractivity contribution in [2.45, 2.75) is 25.7 Å². The summed E-state index contributed by atoms with van der Waals surface area (Å²) < 4.78 is 46.1. The number of carbonyl (C=O) groups is 3. The predicted molar refractivity (Wildman–Crippen MR) is 103 cm³/mol. The number of carbonyl (C=O) groups excluding carboxylic acids is 3. The lowest BCUT2D eigenvalue weighted by Crippen LogP contribution is -2.41. The predicted octanol–water partition coefficient (Wildman–Crippen LogP) is 3.63. The molecule has 1 saturated heterocycles. The summed E-state index contributed by atoms with van der Waals surface area (Å²) >= 11 is 0. The van der Waals surface area contributed by atoms with Crippen LogP contribution in [0, 0.1) is 0 Å². The Hall–Kier alpha value is -3.56. The molecule has 0 saturated carbocycles. The minimum atomic E-state index is -4.85. The molecule has 0 aliphatic carbocycles. The second-order valence-electron chi connectivity index (χ2n) is 6.90. The van der Waals surface area contributed by atoms with Gasteiger partial charge in [0.1, 0.15) is 17.0 Å². The Morgan fingerprint density at radius 1 is 1.03 bits per heavy atom. The molecule has 0 radical (unpaired) electrons. The minimum absolute atomic E-state index is 0.247. The molecule has 7 nitrogen and oxygen atoms in total. The fraction of sp³-hybridized carbons (Fsp3) is 0.286. The number of ether oxygens (including phenoxy) is 2. The van der Waals surface area contributed by atoms with Crippen molar-refractivity contribution in [2.75, 3.05) is 13.2 Å². The van der Waals surface area contributed by atoms with E-state index in [9.17, 15) is 27.6 Å². The summed E-state index contributed by atoms with van der Waals surface area (Å²) in [4.78, 5) is 38.6. The van der Waals surface area contributed by atoms with Gasteiger partial charge in [0.2, 0.25) is 0 Å². The van der Waals surface area contributed by atoms with Crippen LogP contribution >= 0.6 is 0 Å². The van der Waals surface area contributed by atoms with Crippen LogP contribution in [0.1, 0.15) is 29.8 Å². The Bertz CT molecular complexity index is 990. The normalized spacial score (nSPS) is 18.7. The summed E-state index contributed by atoms with van der Waals surface area (Å²) in [6, 6.07) is 10.1. The largest absolute Gasteiger partial charge is 0.573 e. The number of Topliss-reactive ketones (excluding diaryl/α,β-unsaturated/α-hetero) is 1. The number of nitrogens with one attached hydrogen (secondary N) is 1. The Balaban J connectivity index is 1.74. The van der Waals surface area contributed by atoms with E-state index in [0.717, 1.165) is 17.0 Å². The van der Waals surface area contributed by atoms with Crippen LogP contribution in [0.25, 0.3) is 0 Å². The fourth-order valence-corrected chi connectivity index (χ4v) is 3.16. The van der Waals surface area contributed by atoms with Crippen LogP contribution in [-0.2, 0) is 10.3 Å². The van der Waals surface area contributed by atoms with E-state index in [1.165, 1.54) is 31.2 Å². The van der Waals surface area contributed by atoms with E-state index < -0.39 is 41.9 Å². The number of urea groups is 1. The van der Waals surface area contributed by atoms with Crippen molar-refractivity contribution in [1.29, 1.82) is 0 Å². The summed E-state index contributed by atoms with van der Waals surface area (Å²) in [7, 11) is 0. The number of benzene rings is 2. The highest BCUT2D eigenvalue weighted by Gasteiger charge is 2.49. The number of halogens is 3. The zero-order chi connectivity index (χ0) is 22.8. The molecule has 3 rings (SSSR count).